The number of hydrogen-bond donors (Lipinski definition) is 3. The second-order valence-electron chi connectivity index (χ2n) is 14.2. The number of aryl methyl sites for hydroxylation is 4. The van der Waals surface area contributed by atoms with Gasteiger partial charge in [0.25, 0.3) is 5.91 Å². The molecular weight excluding hydrogens is 663 g/mol. The maximum Gasteiger partial charge on any atom is 0.276 e. The molecule has 5 rings (SSSR count). The predicted octanol–water partition coefficient (Wildman–Crippen LogP) is 8.19. The highest BCUT2D eigenvalue weighted by molar-refractivity contribution is 6.04. The van der Waals surface area contributed by atoms with Crippen LogP contribution in [0.3, 0.4) is 0 Å². The van der Waals surface area contributed by atoms with Crippen LogP contribution >= 0.6 is 0 Å². The molecule has 5 aromatic rings. The first kappa shape index (κ1) is 38.8. The van der Waals surface area contributed by atoms with E-state index >= 15 is 0 Å². The number of anilines is 2. The molecule has 4 N–H and O–H groups in total. The number of hydrazone groups is 1. The molecule has 0 aliphatic heterocycles. The Kier molecular flexibility index (Phi) is 12.8. The molecule has 0 unspecified atom stereocenters. The molecule has 3 aromatic heterocycles. The van der Waals surface area contributed by atoms with Crippen molar-refractivity contribution >= 4 is 51.3 Å². The van der Waals surface area contributed by atoms with E-state index in [1.54, 1.807) is 0 Å². The monoisotopic (exact) mass is 719 g/mol. The van der Waals surface area contributed by atoms with Crippen molar-refractivity contribution in [3.63, 3.8) is 0 Å². The van der Waals surface area contributed by atoms with Crippen LogP contribution in [-0.4, -0.2) is 59.1 Å². The Morgan fingerprint density at radius 2 is 1.62 bits per heavy atom. The number of imidazole rings is 2. The lowest BCUT2D eigenvalue weighted by Crippen LogP contribution is -2.22. The van der Waals surface area contributed by atoms with Gasteiger partial charge in [0, 0.05) is 55.9 Å². The van der Waals surface area contributed by atoms with Gasteiger partial charge in [0.1, 0.15) is 5.69 Å². The Hall–Kier alpha value is -5.39. The smallest absolute Gasteiger partial charge is 0.276 e. The minimum Gasteiger partial charge on any atom is -0.399 e. The Morgan fingerprint density at radius 3 is 2.28 bits per heavy atom. The van der Waals surface area contributed by atoms with Crippen molar-refractivity contribution in [2.24, 2.45) is 16.8 Å². The van der Waals surface area contributed by atoms with Crippen molar-refractivity contribution in [1.82, 2.24) is 33.9 Å². The van der Waals surface area contributed by atoms with Crippen LogP contribution in [0.1, 0.15) is 94.0 Å². The van der Waals surface area contributed by atoms with Gasteiger partial charge in [-0.1, -0.05) is 51.6 Å². The van der Waals surface area contributed by atoms with Gasteiger partial charge in [-0.25, -0.2) is 9.97 Å². The van der Waals surface area contributed by atoms with Gasteiger partial charge < -0.3 is 20.2 Å². The van der Waals surface area contributed by atoms with E-state index in [0.717, 1.165) is 108 Å². The lowest BCUT2D eigenvalue weighted by atomic mass is 10.0. The fourth-order valence-electron chi connectivity index (χ4n) is 6.78. The Bertz CT molecular complexity index is 2110. The minimum absolute atomic E-state index is 0.186. The number of aromatic nitrogens is 6. The molecule has 1 amide bonds. The number of nitrogens with one attached hydrogen (secondary N) is 2. The molecule has 0 aliphatic rings. The zero-order valence-corrected chi connectivity index (χ0v) is 32.7. The van der Waals surface area contributed by atoms with E-state index in [0.29, 0.717) is 36.3 Å². The van der Waals surface area contributed by atoms with Crippen molar-refractivity contribution in [2.45, 2.75) is 99.7 Å². The average Bonchev–Trinajstić information content (AvgIpc) is 3.78. The number of carbonyl (C=O) groups excluding carboxylic acids is 1. The zero-order chi connectivity index (χ0) is 38.2. The number of amides is 1. The number of allylic oxidation sites excluding steroid dienone is 1. The quantitative estimate of drug-likeness (QED) is 0.0445. The van der Waals surface area contributed by atoms with E-state index in [4.69, 9.17) is 25.9 Å². The summed E-state index contributed by atoms with van der Waals surface area (Å²) in [6.45, 7) is 23.3. The maximum absolute atomic E-state index is 14.1. The number of hydrogen-bond acceptors (Lipinski definition) is 8. The van der Waals surface area contributed by atoms with Crippen LogP contribution < -0.4 is 16.4 Å². The molecule has 0 saturated carbocycles. The first-order chi connectivity index (χ1) is 25.4. The number of fused-ring (bicyclic) bond motifs is 2. The molecule has 12 heteroatoms. The third-order valence-corrected chi connectivity index (χ3v) is 9.62. The first-order valence-corrected chi connectivity index (χ1v) is 18.9. The maximum atomic E-state index is 14.1. The number of unbranched alkanes of at least 4 members (excludes halogenated alkanes) is 3. The summed E-state index contributed by atoms with van der Waals surface area (Å²) in [5.41, 5.74) is 15.6. The fourth-order valence-corrected chi connectivity index (χ4v) is 6.78. The minimum atomic E-state index is -0.186. The third-order valence-electron chi connectivity index (χ3n) is 9.62. The Balaban J connectivity index is 1.27. The topological polar surface area (TPSA) is 136 Å². The van der Waals surface area contributed by atoms with Crippen LogP contribution in [0.5, 0.6) is 0 Å². The third kappa shape index (κ3) is 8.98. The van der Waals surface area contributed by atoms with Crippen molar-refractivity contribution in [3.05, 3.63) is 83.8 Å². The molecule has 0 atom stereocenters. The molecule has 2 aromatic carbocycles. The van der Waals surface area contributed by atoms with E-state index in [2.05, 4.69) is 52.8 Å². The predicted molar refractivity (Wildman–Crippen MR) is 219 cm³/mol. The number of nitrogens with two attached hydrogens (primary N) is 1. The van der Waals surface area contributed by atoms with Gasteiger partial charge >= 0.3 is 0 Å². The van der Waals surface area contributed by atoms with Crippen LogP contribution in [0, 0.1) is 12.8 Å². The molecule has 0 spiro atoms. The van der Waals surface area contributed by atoms with Crippen LogP contribution in [0.4, 0.5) is 11.9 Å². The summed E-state index contributed by atoms with van der Waals surface area (Å²) in [6.07, 6.45) is 5.46. The molecule has 0 saturated heterocycles. The summed E-state index contributed by atoms with van der Waals surface area (Å²) in [7, 11) is 1.88. The van der Waals surface area contributed by atoms with Crippen LogP contribution in [0.2, 0.25) is 0 Å². The van der Waals surface area contributed by atoms with Gasteiger partial charge in [-0.2, -0.15) is 10.2 Å². The van der Waals surface area contributed by atoms with Gasteiger partial charge in [-0.05, 0) is 95.5 Å². The van der Waals surface area contributed by atoms with Gasteiger partial charge in [-0.3, -0.25) is 19.8 Å². The highest BCUT2D eigenvalue weighted by atomic mass is 16.2. The second-order valence-corrected chi connectivity index (χ2v) is 14.2. The summed E-state index contributed by atoms with van der Waals surface area (Å²) in [6, 6.07) is 14.0. The molecule has 0 radical (unpaired) electrons. The summed E-state index contributed by atoms with van der Waals surface area (Å²) in [5.74, 6) is 1.49. The van der Waals surface area contributed by atoms with Gasteiger partial charge in [-0.15, -0.1) is 0 Å². The molecule has 0 fully saturated rings. The van der Waals surface area contributed by atoms with Crippen molar-refractivity contribution in [2.75, 3.05) is 24.2 Å². The molecular formula is C41H57N11O. The molecule has 0 bridgehead atoms. The highest BCUT2D eigenvalue weighted by Gasteiger charge is 2.23. The summed E-state index contributed by atoms with van der Waals surface area (Å²) in [5, 5.41) is 17.9. The largest absolute Gasteiger partial charge is 0.399 e. The normalized spacial score (nSPS) is 11.4. The number of benzene rings is 2. The van der Waals surface area contributed by atoms with E-state index < -0.39 is 0 Å². The molecule has 53 heavy (non-hydrogen) atoms. The first-order valence-electron chi connectivity index (χ1n) is 18.9. The number of carbonyl (C=O) groups is 1. The van der Waals surface area contributed by atoms with Crippen LogP contribution in [0.25, 0.3) is 27.8 Å². The number of rotatable bonds is 19. The zero-order valence-electron chi connectivity index (χ0n) is 32.7. The average molecular weight is 720 g/mol. The lowest BCUT2D eigenvalue weighted by molar-refractivity contribution is 0.101. The summed E-state index contributed by atoms with van der Waals surface area (Å²) < 4.78 is 6.14. The van der Waals surface area contributed by atoms with E-state index in [1.165, 1.54) is 0 Å². The molecule has 282 valence electrons. The number of para-hydroxylation sites is 2. The standard InChI is InChI=1S/C41H57N11O/c1-10-51-38(33(30(7)48-51)18-12-11-15-25-52(47-28(4)5)31(8)27(2)3)39(53)46-41-44-34-19-13-14-20-36(34)50(41)24-17-16-23-49-37-22-21-32(29(6)42)26-35(37)45-40(49)43-9/h13-14,19-22,26-27H,6,8,10-12,15-18,23-25,42H2,1-5,7,9H3,(H,43,45)(H,44,46,53). The van der Waals surface area contributed by atoms with Crippen molar-refractivity contribution in [1.29, 1.82) is 0 Å². The Morgan fingerprint density at radius 1 is 0.943 bits per heavy atom. The van der Waals surface area contributed by atoms with Gasteiger partial charge in [0.15, 0.2) is 0 Å². The summed E-state index contributed by atoms with van der Waals surface area (Å²) in [4.78, 5) is 23.8. The SMILES string of the molecule is C=C(N)c1ccc2c(c1)nc(NC)n2CCCCn1c(NC(=O)c2c(CCCCCN(N=C(C)C)C(=C)C(C)C)c(C)nn2CC)nc2ccccc21. The fraction of sp³-hybridized carbons (Fsp3) is 0.439. The lowest BCUT2D eigenvalue weighted by Gasteiger charge is -2.24. The highest BCUT2D eigenvalue weighted by Crippen LogP contribution is 2.26. The van der Waals surface area contributed by atoms with Gasteiger partial charge in [0.05, 0.1) is 27.8 Å². The van der Waals surface area contributed by atoms with Gasteiger partial charge in [0.2, 0.25) is 11.9 Å². The number of nitrogens with zero attached hydrogens (tertiary/aromatic N) is 8. The van der Waals surface area contributed by atoms with Crippen LogP contribution in [0.15, 0.2) is 66.4 Å². The Labute approximate surface area is 313 Å². The van der Waals surface area contributed by atoms with Crippen molar-refractivity contribution < 1.29 is 4.79 Å². The van der Waals surface area contributed by atoms with E-state index in [-0.39, 0.29) is 5.91 Å². The van der Waals surface area contributed by atoms with Crippen molar-refractivity contribution in [3.8, 4) is 0 Å². The van der Waals surface area contributed by atoms with E-state index in [9.17, 15) is 4.79 Å². The van der Waals surface area contributed by atoms with E-state index in [1.807, 2.05) is 80.8 Å². The molecule has 0 aliphatic carbocycles. The second kappa shape index (κ2) is 17.4. The van der Waals surface area contributed by atoms with Crippen LogP contribution in [-0.2, 0) is 26.1 Å². The molecule has 3 heterocycles. The summed E-state index contributed by atoms with van der Waals surface area (Å²) >= 11 is 0. The molecule has 12 nitrogen and oxygen atoms in total.